The van der Waals surface area contributed by atoms with Crippen molar-refractivity contribution in [2.45, 2.75) is 27.0 Å². The Labute approximate surface area is 318 Å². The fourth-order valence-corrected chi connectivity index (χ4v) is 6.94. The Morgan fingerprint density at radius 3 is 1.78 bits per heavy atom. The van der Waals surface area contributed by atoms with Crippen LogP contribution < -0.4 is 16.3 Å². The van der Waals surface area contributed by atoms with Crippen molar-refractivity contribution in [3.05, 3.63) is 150 Å². The second-order valence-electron chi connectivity index (χ2n) is 13.9. The molecule has 5 heterocycles. The summed E-state index contributed by atoms with van der Waals surface area (Å²) in [6.07, 6.45) is 6.03. The number of aliphatic hydroxyl groups is 1. The molecule has 0 fully saturated rings. The number of nitrogens with zero attached hydrogens (tertiary/aromatic N) is 6. The van der Waals surface area contributed by atoms with Gasteiger partial charge in [0.15, 0.2) is 6.23 Å². The van der Waals surface area contributed by atoms with Crippen LogP contribution in [0.1, 0.15) is 25.9 Å². The zero-order valence-electron chi connectivity index (χ0n) is 30.8. The molecule has 0 saturated carbocycles. The SMILES string of the molecule is Cc1nc(NCC(C)C)c(-c2ccc3ccccc3c2)c(-c2ccncc2)n1.O=c1nc(-c2ccncc2)c(-c2ccc3ccccc3c2)c2n1C(O)CN2. The minimum Gasteiger partial charge on any atom is -0.371 e. The highest BCUT2D eigenvalue weighted by Gasteiger charge is 2.28. The van der Waals surface area contributed by atoms with Crippen LogP contribution in [0.15, 0.2) is 139 Å². The number of rotatable bonds is 7. The van der Waals surface area contributed by atoms with Crippen molar-refractivity contribution in [3.63, 3.8) is 0 Å². The minimum absolute atomic E-state index is 0.275. The lowest BCUT2D eigenvalue weighted by Gasteiger charge is -2.17. The first kappa shape index (κ1) is 35.3. The second kappa shape index (κ2) is 15.3. The Morgan fingerprint density at radius 2 is 1.22 bits per heavy atom. The summed E-state index contributed by atoms with van der Waals surface area (Å²) in [6, 6.07) is 36.8. The summed E-state index contributed by atoms with van der Waals surface area (Å²) >= 11 is 0. The van der Waals surface area contributed by atoms with Crippen LogP contribution in [0.25, 0.3) is 66.3 Å². The molecule has 0 bridgehead atoms. The van der Waals surface area contributed by atoms with Gasteiger partial charge in [0, 0.05) is 48.0 Å². The summed E-state index contributed by atoms with van der Waals surface area (Å²) in [5, 5.41) is 21.6. The van der Waals surface area contributed by atoms with Crippen LogP contribution in [-0.2, 0) is 0 Å². The van der Waals surface area contributed by atoms with Crippen LogP contribution in [-0.4, -0.2) is 47.7 Å². The number of benzene rings is 4. The van der Waals surface area contributed by atoms with Crippen molar-refractivity contribution in [3.8, 4) is 44.8 Å². The van der Waals surface area contributed by atoms with E-state index in [0.717, 1.165) is 68.0 Å². The highest BCUT2D eigenvalue weighted by atomic mass is 16.3. The molecule has 3 N–H and O–H groups in total. The number of β-amino-alcohol motifs (C(OH)–C–C–N with tert-alkyl or cyclic N) is 1. The van der Waals surface area contributed by atoms with E-state index in [1.165, 1.54) is 15.3 Å². The van der Waals surface area contributed by atoms with Crippen molar-refractivity contribution in [1.29, 1.82) is 0 Å². The molecule has 55 heavy (non-hydrogen) atoms. The highest BCUT2D eigenvalue weighted by molar-refractivity contribution is 5.95. The maximum absolute atomic E-state index is 12.5. The zero-order chi connectivity index (χ0) is 37.9. The number of aliphatic hydroxyl groups excluding tert-OH is 1. The van der Waals surface area contributed by atoms with Gasteiger partial charge < -0.3 is 15.7 Å². The summed E-state index contributed by atoms with van der Waals surface area (Å²) in [4.78, 5) is 34.6. The highest BCUT2D eigenvalue weighted by Crippen LogP contribution is 2.40. The van der Waals surface area contributed by atoms with Gasteiger partial charge in [-0.05, 0) is 81.9 Å². The third-order valence-electron chi connectivity index (χ3n) is 9.56. The normalized spacial score (nSPS) is 13.3. The molecule has 0 spiro atoms. The standard InChI is InChI=1S/C24H24N4.C21H16N4O2/c1-16(2)15-26-24-22(21-9-8-18-6-4-5-7-20(18)14-21)23(27-17(3)28-24)19-10-12-25-13-11-19;26-17-12-23-20-18(16-6-5-13-3-1-2-4-15(13)11-16)19(24-21(27)25(17)20)14-7-9-22-10-8-14/h4-14,16H,15H2,1-3H3,(H,26,27,28);1-11,17,23,26H,12H2. The van der Waals surface area contributed by atoms with Gasteiger partial charge in [0.1, 0.15) is 17.5 Å². The van der Waals surface area contributed by atoms with E-state index >= 15 is 0 Å². The van der Waals surface area contributed by atoms with Crippen LogP contribution >= 0.6 is 0 Å². The number of pyridine rings is 2. The van der Waals surface area contributed by atoms with Gasteiger partial charge in [0.05, 0.1) is 23.5 Å². The van der Waals surface area contributed by atoms with Crippen molar-refractivity contribution in [1.82, 2.24) is 29.5 Å². The molecule has 1 unspecified atom stereocenters. The van der Waals surface area contributed by atoms with E-state index in [0.29, 0.717) is 17.4 Å². The predicted octanol–water partition coefficient (Wildman–Crippen LogP) is 8.78. The molecule has 0 aliphatic carbocycles. The molecule has 1 aliphatic rings. The van der Waals surface area contributed by atoms with E-state index in [2.05, 4.69) is 106 Å². The van der Waals surface area contributed by atoms with Gasteiger partial charge in [0.2, 0.25) is 0 Å². The average Bonchev–Trinajstić information content (AvgIpc) is 3.61. The predicted molar refractivity (Wildman–Crippen MR) is 221 cm³/mol. The summed E-state index contributed by atoms with van der Waals surface area (Å²) < 4.78 is 1.31. The molecule has 8 aromatic rings. The van der Waals surface area contributed by atoms with Crippen molar-refractivity contribution in [2.75, 3.05) is 23.7 Å². The number of aryl methyl sites for hydroxylation is 1. The molecule has 4 aromatic carbocycles. The molecule has 0 amide bonds. The largest absolute Gasteiger partial charge is 0.371 e. The Hall–Kier alpha value is -6.78. The molecular weight excluding hydrogens is 685 g/mol. The lowest BCUT2D eigenvalue weighted by molar-refractivity contribution is 0.127. The first-order chi connectivity index (χ1) is 26.8. The fraction of sp³-hybridized carbons (Fsp3) is 0.156. The van der Waals surface area contributed by atoms with E-state index < -0.39 is 11.9 Å². The van der Waals surface area contributed by atoms with Gasteiger partial charge in [-0.15, -0.1) is 0 Å². The molecular formula is C45H40N8O2. The smallest absolute Gasteiger partial charge is 0.351 e. The van der Waals surface area contributed by atoms with Crippen LogP contribution in [0.2, 0.25) is 0 Å². The van der Waals surface area contributed by atoms with Crippen LogP contribution in [0.3, 0.4) is 0 Å². The van der Waals surface area contributed by atoms with Crippen LogP contribution in [0, 0.1) is 12.8 Å². The van der Waals surface area contributed by atoms with Crippen LogP contribution in [0.5, 0.6) is 0 Å². The fourth-order valence-electron chi connectivity index (χ4n) is 6.94. The van der Waals surface area contributed by atoms with Gasteiger partial charge >= 0.3 is 5.69 Å². The van der Waals surface area contributed by atoms with Gasteiger partial charge in [0.25, 0.3) is 0 Å². The van der Waals surface area contributed by atoms with E-state index in [9.17, 15) is 9.90 Å². The number of hydrogen-bond donors (Lipinski definition) is 3. The van der Waals surface area contributed by atoms with Gasteiger partial charge in [-0.25, -0.2) is 19.3 Å². The monoisotopic (exact) mass is 724 g/mol. The number of aromatic nitrogens is 6. The summed E-state index contributed by atoms with van der Waals surface area (Å²) in [5.41, 5.74) is 6.73. The summed E-state index contributed by atoms with van der Waals surface area (Å²) in [5.74, 6) is 2.74. The number of hydrogen-bond acceptors (Lipinski definition) is 9. The van der Waals surface area contributed by atoms with E-state index in [-0.39, 0.29) is 6.54 Å². The lowest BCUT2D eigenvalue weighted by Crippen LogP contribution is -2.25. The average molecular weight is 725 g/mol. The Kier molecular flexibility index (Phi) is 9.80. The van der Waals surface area contributed by atoms with Gasteiger partial charge in [-0.3, -0.25) is 9.97 Å². The first-order valence-electron chi connectivity index (χ1n) is 18.3. The minimum atomic E-state index is -0.925. The van der Waals surface area contributed by atoms with Crippen molar-refractivity contribution in [2.24, 2.45) is 5.92 Å². The molecule has 1 atom stereocenters. The molecule has 10 heteroatoms. The first-order valence-corrected chi connectivity index (χ1v) is 18.3. The molecule has 1 aliphatic heterocycles. The summed E-state index contributed by atoms with van der Waals surface area (Å²) in [6.45, 7) is 7.46. The molecule has 4 aromatic heterocycles. The van der Waals surface area contributed by atoms with Gasteiger partial charge in [-0.2, -0.15) is 4.98 Å². The van der Waals surface area contributed by atoms with Crippen molar-refractivity contribution >= 4 is 33.2 Å². The Morgan fingerprint density at radius 1 is 0.691 bits per heavy atom. The third kappa shape index (κ3) is 7.27. The van der Waals surface area contributed by atoms with E-state index in [1.54, 1.807) is 24.8 Å². The maximum atomic E-state index is 12.5. The molecule has 0 radical (unpaired) electrons. The number of fused-ring (bicyclic) bond motifs is 3. The zero-order valence-corrected chi connectivity index (χ0v) is 30.8. The Balaban J connectivity index is 0.000000155. The molecule has 272 valence electrons. The summed E-state index contributed by atoms with van der Waals surface area (Å²) in [7, 11) is 0. The van der Waals surface area contributed by atoms with Crippen LogP contribution in [0.4, 0.5) is 11.6 Å². The topological polar surface area (TPSA) is 131 Å². The Bertz CT molecular complexity index is 2700. The second-order valence-corrected chi connectivity index (χ2v) is 13.9. The molecule has 9 rings (SSSR count). The quantitative estimate of drug-likeness (QED) is 0.148. The number of anilines is 2. The molecule has 0 saturated heterocycles. The number of nitrogens with one attached hydrogen (secondary N) is 2. The third-order valence-corrected chi connectivity index (χ3v) is 9.56. The van der Waals surface area contributed by atoms with Gasteiger partial charge in [-0.1, -0.05) is 86.6 Å². The molecule has 10 nitrogen and oxygen atoms in total. The van der Waals surface area contributed by atoms with E-state index in [1.807, 2.05) is 49.4 Å². The lowest BCUT2D eigenvalue weighted by atomic mass is 9.97. The van der Waals surface area contributed by atoms with Crippen molar-refractivity contribution < 1.29 is 5.11 Å². The maximum Gasteiger partial charge on any atom is 0.351 e. The van der Waals surface area contributed by atoms with E-state index in [4.69, 9.17) is 9.97 Å².